The molecule has 0 atom stereocenters. The Balaban J connectivity index is 1.84. The fourth-order valence-corrected chi connectivity index (χ4v) is 1.62. The van der Waals surface area contributed by atoms with Crippen LogP contribution >= 0.6 is 0 Å². The van der Waals surface area contributed by atoms with Crippen molar-refractivity contribution in [3.63, 3.8) is 0 Å². The van der Waals surface area contributed by atoms with Gasteiger partial charge in [-0.05, 0) is 36.4 Å². The van der Waals surface area contributed by atoms with Gasteiger partial charge in [0.05, 0.1) is 6.54 Å². The van der Waals surface area contributed by atoms with Gasteiger partial charge in [-0.15, -0.1) is 0 Å². The molecule has 2 amide bonds. The van der Waals surface area contributed by atoms with Gasteiger partial charge in [0.15, 0.2) is 0 Å². The molecule has 0 aliphatic heterocycles. The van der Waals surface area contributed by atoms with Crippen LogP contribution in [0.1, 0.15) is 10.4 Å². The molecule has 20 heavy (non-hydrogen) atoms. The Hall–Kier alpha value is -2.82. The summed E-state index contributed by atoms with van der Waals surface area (Å²) in [6.45, 7) is -0.0852. The lowest BCUT2D eigenvalue weighted by molar-refractivity contribution is -0.115. The quantitative estimate of drug-likeness (QED) is 0.738. The van der Waals surface area contributed by atoms with Crippen LogP contribution in [0.2, 0.25) is 0 Å². The topological polar surface area (TPSA) is 84.2 Å². The van der Waals surface area contributed by atoms with Crippen LogP contribution < -0.4 is 16.4 Å². The van der Waals surface area contributed by atoms with Crippen molar-refractivity contribution in [2.45, 2.75) is 0 Å². The Kier molecular flexibility index (Phi) is 4.34. The third-order valence-electron chi connectivity index (χ3n) is 2.64. The van der Waals surface area contributed by atoms with Gasteiger partial charge in [-0.1, -0.05) is 18.2 Å². The molecule has 0 aliphatic carbocycles. The van der Waals surface area contributed by atoms with E-state index in [1.807, 2.05) is 18.2 Å². The van der Waals surface area contributed by atoms with Crippen molar-refractivity contribution >= 4 is 23.2 Å². The second-order valence-corrected chi connectivity index (χ2v) is 4.22. The van der Waals surface area contributed by atoms with Crippen molar-refractivity contribution in [2.24, 2.45) is 0 Å². The van der Waals surface area contributed by atoms with E-state index in [4.69, 9.17) is 5.73 Å². The Labute approximate surface area is 116 Å². The maximum Gasteiger partial charge on any atom is 0.251 e. The van der Waals surface area contributed by atoms with E-state index < -0.39 is 0 Å². The average Bonchev–Trinajstić information content (AvgIpc) is 2.46. The molecule has 2 aromatic carbocycles. The summed E-state index contributed by atoms with van der Waals surface area (Å²) in [5.41, 5.74) is 7.28. The minimum atomic E-state index is -0.312. The zero-order valence-electron chi connectivity index (χ0n) is 10.8. The number of nitrogens with one attached hydrogen (secondary N) is 2. The maximum atomic E-state index is 11.8. The SMILES string of the molecule is Nc1ccc(C(=O)NCC(=O)Nc2ccccc2)cc1. The zero-order valence-corrected chi connectivity index (χ0v) is 10.8. The molecular formula is C15H15N3O2. The number of carbonyl (C=O) groups excluding carboxylic acids is 2. The number of nitrogens with two attached hydrogens (primary N) is 1. The summed E-state index contributed by atoms with van der Waals surface area (Å²) >= 11 is 0. The molecule has 0 aliphatic rings. The maximum absolute atomic E-state index is 11.8. The molecular weight excluding hydrogens is 254 g/mol. The third kappa shape index (κ3) is 3.84. The van der Waals surface area contributed by atoms with Crippen molar-refractivity contribution < 1.29 is 9.59 Å². The van der Waals surface area contributed by atoms with Gasteiger partial charge in [-0.25, -0.2) is 0 Å². The van der Waals surface area contributed by atoms with Crippen LogP contribution in [0.5, 0.6) is 0 Å². The van der Waals surface area contributed by atoms with Gasteiger partial charge in [-0.3, -0.25) is 9.59 Å². The normalized spacial score (nSPS) is 9.80. The van der Waals surface area contributed by atoms with E-state index in [0.29, 0.717) is 16.9 Å². The molecule has 2 rings (SSSR count). The van der Waals surface area contributed by atoms with E-state index in [0.717, 1.165) is 0 Å². The fourth-order valence-electron chi connectivity index (χ4n) is 1.62. The Bertz CT molecular complexity index is 594. The van der Waals surface area contributed by atoms with E-state index in [9.17, 15) is 9.59 Å². The van der Waals surface area contributed by atoms with Crippen molar-refractivity contribution in [3.05, 3.63) is 60.2 Å². The highest BCUT2D eigenvalue weighted by atomic mass is 16.2. The third-order valence-corrected chi connectivity index (χ3v) is 2.64. The zero-order chi connectivity index (χ0) is 14.4. The van der Waals surface area contributed by atoms with Crippen LogP contribution in [-0.4, -0.2) is 18.4 Å². The molecule has 4 N–H and O–H groups in total. The lowest BCUT2D eigenvalue weighted by Gasteiger charge is -2.07. The van der Waals surface area contributed by atoms with Crippen LogP contribution in [0.3, 0.4) is 0 Å². The largest absolute Gasteiger partial charge is 0.399 e. The van der Waals surface area contributed by atoms with E-state index >= 15 is 0 Å². The number of hydrogen-bond acceptors (Lipinski definition) is 3. The minimum Gasteiger partial charge on any atom is -0.399 e. The van der Waals surface area contributed by atoms with Gasteiger partial charge >= 0.3 is 0 Å². The first-order valence-electron chi connectivity index (χ1n) is 6.14. The Morgan fingerprint density at radius 3 is 2.25 bits per heavy atom. The van der Waals surface area contributed by atoms with Gasteiger partial charge in [0.1, 0.15) is 0 Å². The summed E-state index contributed by atoms with van der Waals surface area (Å²) in [5, 5.41) is 5.23. The number of amides is 2. The van der Waals surface area contributed by atoms with E-state index in [2.05, 4.69) is 10.6 Å². The van der Waals surface area contributed by atoms with Gasteiger partial charge in [0.25, 0.3) is 5.91 Å². The molecule has 2 aromatic rings. The molecule has 0 heterocycles. The second-order valence-electron chi connectivity index (χ2n) is 4.22. The smallest absolute Gasteiger partial charge is 0.251 e. The summed E-state index contributed by atoms with van der Waals surface area (Å²) in [5.74, 6) is -0.590. The van der Waals surface area contributed by atoms with Gasteiger partial charge in [0, 0.05) is 16.9 Å². The predicted octanol–water partition coefficient (Wildman–Crippen LogP) is 1.64. The molecule has 0 saturated carbocycles. The monoisotopic (exact) mass is 269 g/mol. The number of benzene rings is 2. The Morgan fingerprint density at radius 2 is 1.60 bits per heavy atom. The molecule has 0 saturated heterocycles. The van der Waals surface area contributed by atoms with Crippen molar-refractivity contribution in [1.29, 1.82) is 0 Å². The molecule has 5 nitrogen and oxygen atoms in total. The molecule has 0 radical (unpaired) electrons. The minimum absolute atomic E-state index is 0.0852. The standard InChI is InChI=1S/C15H15N3O2/c16-12-8-6-11(7-9-12)15(20)17-10-14(19)18-13-4-2-1-3-5-13/h1-9H,10,16H2,(H,17,20)(H,18,19). The van der Waals surface area contributed by atoms with Crippen LogP contribution in [0.15, 0.2) is 54.6 Å². The average molecular weight is 269 g/mol. The Morgan fingerprint density at radius 1 is 0.950 bits per heavy atom. The lowest BCUT2D eigenvalue weighted by Crippen LogP contribution is -2.32. The molecule has 0 aromatic heterocycles. The number of nitrogen functional groups attached to an aromatic ring is 1. The van der Waals surface area contributed by atoms with Crippen LogP contribution in [0.25, 0.3) is 0 Å². The van der Waals surface area contributed by atoms with E-state index in [1.165, 1.54) is 0 Å². The number of anilines is 2. The molecule has 102 valence electrons. The van der Waals surface area contributed by atoms with Crippen LogP contribution in [-0.2, 0) is 4.79 Å². The van der Waals surface area contributed by atoms with Gasteiger partial charge in [-0.2, -0.15) is 0 Å². The fraction of sp³-hybridized carbons (Fsp3) is 0.0667. The molecule has 0 spiro atoms. The highest BCUT2D eigenvalue weighted by Gasteiger charge is 2.07. The summed E-state index contributed by atoms with van der Waals surface area (Å²) in [4.78, 5) is 23.4. The van der Waals surface area contributed by atoms with Crippen molar-refractivity contribution in [1.82, 2.24) is 5.32 Å². The molecule has 0 fully saturated rings. The summed E-state index contributed by atoms with van der Waals surface area (Å²) in [6.07, 6.45) is 0. The molecule has 0 unspecified atom stereocenters. The van der Waals surface area contributed by atoms with Gasteiger partial charge in [0.2, 0.25) is 5.91 Å². The summed E-state index contributed by atoms with van der Waals surface area (Å²) < 4.78 is 0. The number of hydrogen-bond donors (Lipinski definition) is 3. The summed E-state index contributed by atoms with van der Waals surface area (Å²) in [6, 6.07) is 15.6. The first kappa shape index (κ1) is 13.6. The molecule has 0 bridgehead atoms. The van der Waals surface area contributed by atoms with Crippen molar-refractivity contribution in [3.8, 4) is 0 Å². The summed E-state index contributed by atoms with van der Waals surface area (Å²) in [7, 11) is 0. The van der Waals surface area contributed by atoms with E-state index in [1.54, 1.807) is 36.4 Å². The van der Waals surface area contributed by atoms with Crippen LogP contribution in [0.4, 0.5) is 11.4 Å². The number of rotatable bonds is 4. The second kappa shape index (κ2) is 6.38. The predicted molar refractivity (Wildman–Crippen MR) is 78.3 cm³/mol. The lowest BCUT2D eigenvalue weighted by atomic mass is 10.2. The number of para-hydroxylation sites is 1. The first-order chi connectivity index (χ1) is 9.65. The van der Waals surface area contributed by atoms with Crippen LogP contribution in [0, 0.1) is 0 Å². The van der Waals surface area contributed by atoms with Gasteiger partial charge < -0.3 is 16.4 Å². The van der Waals surface area contributed by atoms with Crippen molar-refractivity contribution in [2.75, 3.05) is 17.6 Å². The highest BCUT2D eigenvalue weighted by Crippen LogP contribution is 2.06. The van der Waals surface area contributed by atoms with E-state index in [-0.39, 0.29) is 18.4 Å². The first-order valence-corrected chi connectivity index (χ1v) is 6.14. The molecule has 5 heteroatoms. The number of carbonyl (C=O) groups is 2. The highest BCUT2D eigenvalue weighted by molar-refractivity contribution is 5.99.